The molecule has 0 radical (unpaired) electrons. The highest BCUT2D eigenvalue weighted by molar-refractivity contribution is 5.80. The quantitative estimate of drug-likeness (QED) is 0.738. The molecule has 0 aliphatic carbocycles. The molecule has 1 heterocycles. The van der Waals surface area contributed by atoms with E-state index in [0.717, 1.165) is 13.0 Å². The van der Waals surface area contributed by atoms with Crippen LogP contribution in [-0.2, 0) is 9.53 Å². The number of hydrogen-bond acceptors (Lipinski definition) is 3. The van der Waals surface area contributed by atoms with E-state index >= 15 is 0 Å². The SMILES string of the molecule is CC(C)CNC(=O)C(C)OCC1CCCCN1. The lowest BCUT2D eigenvalue weighted by atomic mass is 10.1. The second-order valence-corrected chi connectivity index (χ2v) is 5.26. The van der Waals surface area contributed by atoms with Gasteiger partial charge in [-0.05, 0) is 32.2 Å². The predicted molar refractivity (Wildman–Crippen MR) is 68.9 cm³/mol. The third-order valence-electron chi connectivity index (χ3n) is 3.01. The third-order valence-corrected chi connectivity index (χ3v) is 3.01. The van der Waals surface area contributed by atoms with Gasteiger partial charge in [0.25, 0.3) is 0 Å². The predicted octanol–water partition coefficient (Wildman–Crippen LogP) is 1.31. The summed E-state index contributed by atoms with van der Waals surface area (Å²) in [5, 5.41) is 6.29. The Balaban J connectivity index is 2.14. The summed E-state index contributed by atoms with van der Waals surface area (Å²) in [6.07, 6.45) is 3.31. The van der Waals surface area contributed by atoms with E-state index in [1.165, 1.54) is 12.8 Å². The van der Waals surface area contributed by atoms with Crippen LogP contribution in [0.1, 0.15) is 40.0 Å². The Morgan fingerprint density at radius 3 is 2.76 bits per heavy atom. The minimum Gasteiger partial charge on any atom is -0.367 e. The van der Waals surface area contributed by atoms with Gasteiger partial charge in [-0.3, -0.25) is 4.79 Å². The molecule has 1 saturated heterocycles. The van der Waals surface area contributed by atoms with Crippen molar-refractivity contribution in [1.29, 1.82) is 0 Å². The van der Waals surface area contributed by atoms with E-state index in [-0.39, 0.29) is 12.0 Å². The van der Waals surface area contributed by atoms with Gasteiger partial charge in [-0.2, -0.15) is 0 Å². The van der Waals surface area contributed by atoms with Crippen LogP contribution in [0.25, 0.3) is 0 Å². The largest absolute Gasteiger partial charge is 0.367 e. The summed E-state index contributed by atoms with van der Waals surface area (Å²) in [6, 6.07) is 0.420. The molecule has 1 fully saturated rings. The highest BCUT2D eigenvalue weighted by Crippen LogP contribution is 2.08. The first-order valence-corrected chi connectivity index (χ1v) is 6.72. The molecule has 0 aromatic rings. The normalized spacial score (nSPS) is 22.5. The number of piperidine rings is 1. The molecule has 0 aromatic heterocycles. The Kier molecular flexibility index (Phi) is 6.52. The van der Waals surface area contributed by atoms with Crippen LogP contribution in [0.2, 0.25) is 0 Å². The Morgan fingerprint density at radius 2 is 2.18 bits per heavy atom. The first-order chi connectivity index (χ1) is 8.09. The molecule has 1 rings (SSSR count). The van der Waals surface area contributed by atoms with Gasteiger partial charge in [0, 0.05) is 12.6 Å². The molecule has 0 bridgehead atoms. The van der Waals surface area contributed by atoms with Gasteiger partial charge in [-0.25, -0.2) is 0 Å². The lowest BCUT2D eigenvalue weighted by Gasteiger charge is -2.24. The molecule has 4 nitrogen and oxygen atoms in total. The summed E-state index contributed by atoms with van der Waals surface area (Å²) in [6.45, 7) is 8.40. The maximum Gasteiger partial charge on any atom is 0.248 e. The second kappa shape index (κ2) is 7.67. The van der Waals surface area contributed by atoms with E-state index in [1.807, 2.05) is 6.92 Å². The van der Waals surface area contributed by atoms with E-state index < -0.39 is 0 Å². The third kappa shape index (κ3) is 6.03. The average Bonchev–Trinajstić information content (AvgIpc) is 2.34. The van der Waals surface area contributed by atoms with Crippen molar-refractivity contribution in [2.24, 2.45) is 5.92 Å². The van der Waals surface area contributed by atoms with E-state index in [0.29, 0.717) is 25.1 Å². The van der Waals surface area contributed by atoms with E-state index in [1.54, 1.807) is 0 Å². The zero-order valence-electron chi connectivity index (χ0n) is 11.3. The van der Waals surface area contributed by atoms with Gasteiger partial charge in [0.1, 0.15) is 6.10 Å². The first-order valence-electron chi connectivity index (χ1n) is 6.72. The molecule has 2 atom stereocenters. The maximum atomic E-state index is 11.7. The maximum absolute atomic E-state index is 11.7. The van der Waals surface area contributed by atoms with Gasteiger partial charge < -0.3 is 15.4 Å². The van der Waals surface area contributed by atoms with Gasteiger partial charge in [-0.1, -0.05) is 20.3 Å². The molecule has 4 heteroatoms. The van der Waals surface area contributed by atoms with Gasteiger partial charge in [0.2, 0.25) is 5.91 Å². The van der Waals surface area contributed by atoms with Crippen molar-refractivity contribution in [3.63, 3.8) is 0 Å². The molecule has 1 amide bonds. The van der Waals surface area contributed by atoms with Gasteiger partial charge in [-0.15, -0.1) is 0 Å². The first kappa shape index (κ1) is 14.5. The Morgan fingerprint density at radius 1 is 1.41 bits per heavy atom. The molecule has 100 valence electrons. The summed E-state index contributed by atoms with van der Waals surface area (Å²) in [7, 11) is 0. The minimum atomic E-state index is -0.350. The molecule has 0 spiro atoms. The fourth-order valence-corrected chi connectivity index (χ4v) is 1.85. The van der Waals surface area contributed by atoms with Gasteiger partial charge in [0.05, 0.1) is 6.61 Å². The Bertz CT molecular complexity index is 225. The van der Waals surface area contributed by atoms with Crippen LogP contribution in [-0.4, -0.2) is 37.7 Å². The number of nitrogens with one attached hydrogen (secondary N) is 2. The van der Waals surface area contributed by atoms with E-state index in [2.05, 4.69) is 24.5 Å². The van der Waals surface area contributed by atoms with Gasteiger partial charge >= 0.3 is 0 Å². The molecule has 0 aromatic carbocycles. The molecular weight excluding hydrogens is 216 g/mol. The van der Waals surface area contributed by atoms with Crippen LogP contribution in [0.15, 0.2) is 0 Å². The number of carbonyl (C=O) groups excluding carboxylic acids is 1. The lowest BCUT2D eigenvalue weighted by molar-refractivity contribution is -0.132. The van der Waals surface area contributed by atoms with E-state index in [9.17, 15) is 4.79 Å². The van der Waals surface area contributed by atoms with Crippen LogP contribution in [0, 0.1) is 5.92 Å². The number of rotatable bonds is 6. The van der Waals surface area contributed by atoms with Crippen molar-refractivity contribution >= 4 is 5.91 Å². The van der Waals surface area contributed by atoms with Crippen molar-refractivity contribution in [3.05, 3.63) is 0 Å². The molecule has 2 unspecified atom stereocenters. The number of hydrogen-bond donors (Lipinski definition) is 2. The molecule has 2 N–H and O–H groups in total. The topological polar surface area (TPSA) is 50.4 Å². The average molecular weight is 242 g/mol. The lowest BCUT2D eigenvalue weighted by Crippen LogP contribution is -2.42. The fraction of sp³-hybridized carbons (Fsp3) is 0.923. The molecule has 17 heavy (non-hydrogen) atoms. The summed E-state index contributed by atoms with van der Waals surface area (Å²) in [5.41, 5.74) is 0. The van der Waals surface area contributed by atoms with Crippen LogP contribution in [0.4, 0.5) is 0 Å². The smallest absolute Gasteiger partial charge is 0.248 e. The number of amides is 1. The van der Waals surface area contributed by atoms with Crippen LogP contribution >= 0.6 is 0 Å². The summed E-state index contributed by atoms with van der Waals surface area (Å²) in [5.74, 6) is 0.473. The van der Waals surface area contributed by atoms with Crippen LogP contribution < -0.4 is 10.6 Å². The zero-order valence-corrected chi connectivity index (χ0v) is 11.3. The van der Waals surface area contributed by atoms with Crippen molar-refractivity contribution < 1.29 is 9.53 Å². The van der Waals surface area contributed by atoms with Crippen molar-refractivity contribution in [1.82, 2.24) is 10.6 Å². The Labute approximate surface area is 104 Å². The van der Waals surface area contributed by atoms with E-state index in [4.69, 9.17) is 4.74 Å². The van der Waals surface area contributed by atoms with Crippen molar-refractivity contribution in [2.75, 3.05) is 19.7 Å². The van der Waals surface area contributed by atoms with Crippen LogP contribution in [0.5, 0.6) is 0 Å². The van der Waals surface area contributed by atoms with Gasteiger partial charge in [0.15, 0.2) is 0 Å². The summed E-state index contributed by atoms with van der Waals surface area (Å²) < 4.78 is 5.60. The van der Waals surface area contributed by atoms with Crippen molar-refractivity contribution in [3.8, 4) is 0 Å². The number of ether oxygens (including phenoxy) is 1. The fourth-order valence-electron chi connectivity index (χ4n) is 1.85. The standard InChI is InChI=1S/C13H26N2O2/c1-10(2)8-15-13(16)11(3)17-9-12-6-4-5-7-14-12/h10-12,14H,4-9H2,1-3H3,(H,15,16). The molecule has 1 aliphatic heterocycles. The van der Waals surface area contributed by atoms with Crippen LogP contribution in [0.3, 0.4) is 0 Å². The second-order valence-electron chi connectivity index (χ2n) is 5.26. The highest BCUT2D eigenvalue weighted by atomic mass is 16.5. The number of carbonyl (C=O) groups is 1. The monoisotopic (exact) mass is 242 g/mol. The Hall–Kier alpha value is -0.610. The van der Waals surface area contributed by atoms with Crippen molar-refractivity contribution in [2.45, 2.75) is 52.2 Å². The zero-order chi connectivity index (χ0) is 12.7. The molecule has 1 aliphatic rings. The highest BCUT2D eigenvalue weighted by Gasteiger charge is 2.17. The molecular formula is C13H26N2O2. The summed E-state index contributed by atoms with van der Waals surface area (Å²) in [4.78, 5) is 11.7. The molecule has 0 saturated carbocycles. The minimum absolute atomic E-state index is 0.00508. The summed E-state index contributed by atoms with van der Waals surface area (Å²) >= 11 is 0.